The lowest BCUT2D eigenvalue weighted by molar-refractivity contribution is 0.0925. The lowest BCUT2D eigenvalue weighted by Crippen LogP contribution is -2.43. The second-order valence-electron chi connectivity index (χ2n) is 9.03. The predicted octanol–water partition coefficient (Wildman–Crippen LogP) is 4.16. The maximum atomic E-state index is 4.94. The first-order valence-electron chi connectivity index (χ1n) is 9.61. The van der Waals surface area contributed by atoms with Gasteiger partial charge in [-0.15, -0.1) is 0 Å². The number of hydrogen-bond acceptors (Lipinski definition) is 3. The summed E-state index contributed by atoms with van der Waals surface area (Å²) in [5, 5.41) is 6.18. The van der Waals surface area contributed by atoms with E-state index >= 15 is 0 Å². The Labute approximate surface area is 150 Å². The number of rotatable bonds is 2. The normalized spacial score (nSPS) is 27.4. The lowest BCUT2D eigenvalue weighted by atomic mass is 9.82. The zero-order chi connectivity index (χ0) is 17.6. The molecule has 0 spiro atoms. The van der Waals surface area contributed by atoms with Gasteiger partial charge in [0.05, 0.1) is 11.6 Å². The fourth-order valence-electron chi connectivity index (χ4n) is 4.56. The van der Waals surface area contributed by atoms with Gasteiger partial charge in [-0.3, -0.25) is 9.67 Å². The fraction of sp³-hybridized carbons (Fsp3) is 0.619. The van der Waals surface area contributed by atoms with Crippen LogP contribution >= 0.6 is 0 Å². The van der Waals surface area contributed by atoms with Crippen molar-refractivity contribution < 1.29 is 0 Å². The second-order valence-corrected chi connectivity index (χ2v) is 9.03. The molecule has 134 valence electrons. The third-order valence-electron chi connectivity index (χ3n) is 5.71. The van der Waals surface area contributed by atoms with Gasteiger partial charge in [-0.25, -0.2) is 0 Å². The first kappa shape index (κ1) is 16.8. The Morgan fingerprint density at radius 1 is 1.24 bits per heavy atom. The van der Waals surface area contributed by atoms with Gasteiger partial charge in [0.25, 0.3) is 0 Å². The molecule has 2 aromatic rings. The summed E-state index contributed by atoms with van der Waals surface area (Å²) in [5.74, 6) is 0.721. The van der Waals surface area contributed by atoms with Crippen LogP contribution in [0.2, 0.25) is 0 Å². The van der Waals surface area contributed by atoms with Crippen molar-refractivity contribution in [2.75, 3.05) is 26.7 Å². The smallest absolute Gasteiger partial charge is 0.0930 e. The molecule has 2 aliphatic heterocycles. The molecular weight excluding hydrogens is 308 g/mol. The van der Waals surface area contributed by atoms with Crippen molar-refractivity contribution in [1.82, 2.24) is 14.7 Å². The molecule has 2 unspecified atom stereocenters. The summed E-state index contributed by atoms with van der Waals surface area (Å²) in [7, 11) is 2.22. The van der Waals surface area contributed by atoms with Crippen molar-refractivity contribution >= 4 is 16.6 Å². The molecule has 1 saturated heterocycles. The van der Waals surface area contributed by atoms with Crippen LogP contribution in [0.3, 0.4) is 0 Å². The molecule has 0 aliphatic carbocycles. The van der Waals surface area contributed by atoms with Crippen LogP contribution in [0.1, 0.15) is 51.6 Å². The zero-order valence-electron chi connectivity index (χ0n) is 16.0. The number of aromatic nitrogens is 2. The van der Waals surface area contributed by atoms with E-state index in [0.717, 1.165) is 37.5 Å². The Balaban J connectivity index is 1.62. The van der Waals surface area contributed by atoms with Crippen molar-refractivity contribution in [2.24, 2.45) is 16.3 Å². The summed E-state index contributed by atoms with van der Waals surface area (Å²) in [6, 6.07) is 7.13. The standard InChI is InChI=1S/C21H30N4/c1-15-5-8-19(22-11-15)16-6-7-17-12-25(23-20(17)9-16)18-10-21(2,3)14-24(4)13-18/h6-7,9,12,15,18H,5,8,10-11,13-14H2,1-4H3. The number of hydrogen-bond donors (Lipinski definition) is 0. The molecule has 2 atom stereocenters. The molecule has 25 heavy (non-hydrogen) atoms. The molecule has 0 amide bonds. The van der Waals surface area contributed by atoms with Gasteiger partial charge in [0.2, 0.25) is 0 Å². The Hall–Kier alpha value is -1.68. The number of fused-ring (bicyclic) bond motifs is 1. The topological polar surface area (TPSA) is 33.4 Å². The SMILES string of the molecule is CC1CCC(c2ccc3cn(C4CN(C)CC(C)(C)C4)nc3c2)=NC1. The monoisotopic (exact) mass is 338 g/mol. The highest BCUT2D eigenvalue weighted by molar-refractivity contribution is 6.03. The number of nitrogens with zero attached hydrogens (tertiary/aromatic N) is 4. The molecule has 0 N–H and O–H groups in total. The molecular formula is C21H30N4. The molecule has 2 aliphatic rings. The van der Waals surface area contributed by atoms with Gasteiger partial charge in [-0.05, 0) is 49.3 Å². The largest absolute Gasteiger partial charge is 0.304 e. The van der Waals surface area contributed by atoms with Crippen LogP contribution in [0, 0.1) is 11.3 Å². The third kappa shape index (κ3) is 3.50. The van der Waals surface area contributed by atoms with E-state index in [0.29, 0.717) is 11.5 Å². The highest BCUT2D eigenvalue weighted by Gasteiger charge is 2.32. The van der Waals surface area contributed by atoms with E-state index in [2.05, 4.69) is 61.8 Å². The minimum Gasteiger partial charge on any atom is -0.304 e. The number of likely N-dealkylation sites (N-methyl/N-ethyl adjacent to an activating group) is 1. The van der Waals surface area contributed by atoms with Crippen LogP contribution < -0.4 is 0 Å². The molecule has 0 bridgehead atoms. The van der Waals surface area contributed by atoms with Crippen molar-refractivity contribution in [2.45, 2.75) is 46.1 Å². The van der Waals surface area contributed by atoms with Crippen molar-refractivity contribution in [3.63, 3.8) is 0 Å². The minimum atomic E-state index is 0.342. The number of benzene rings is 1. The molecule has 0 saturated carbocycles. The maximum Gasteiger partial charge on any atom is 0.0930 e. The Bertz CT molecular complexity index is 801. The summed E-state index contributed by atoms with van der Waals surface area (Å²) in [6.07, 6.45) is 5.75. The summed E-state index contributed by atoms with van der Waals surface area (Å²) in [5.41, 5.74) is 3.96. The van der Waals surface area contributed by atoms with Crippen LogP contribution in [-0.2, 0) is 0 Å². The highest BCUT2D eigenvalue weighted by atomic mass is 15.3. The van der Waals surface area contributed by atoms with Crippen molar-refractivity contribution in [3.8, 4) is 0 Å². The van der Waals surface area contributed by atoms with E-state index in [-0.39, 0.29) is 0 Å². The van der Waals surface area contributed by atoms with E-state index in [1.165, 1.54) is 29.5 Å². The maximum absolute atomic E-state index is 4.94. The quantitative estimate of drug-likeness (QED) is 0.824. The average molecular weight is 338 g/mol. The summed E-state index contributed by atoms with van der Waals surface area (Å²) < 4.78 is 2.20. The van der Waals surface area contributed by atoms with E-state index in [4.69, 9.17) is 10.1 Å². The average Bonchev–Trinajstić information content (AvgIpc) is 2.97. The van der Waals surface area contributed by atoms with E-state index < -0.39 is 0 Å². The first-order chi connectivity index (χ1) is 11.9. The van der Waals surface area contributed by atoms with Crippen LogP contribution in [0.4, 0.5) is 0 Å². The molecule has 1 aromatic carbocycles. The summed E-state index contributed by atoms with van der Waals surface area (Å²) in [4.78, 5) is 7.22. The molecule has 0 radical (unpaired) electrons. The van der Waals surface area contributed by atoms with Gasteiger partial charge < -0.3 is 4.90 Å². The predicted molar refractivity (Wildman–Crippen MR) is 104 cm³/mol. The number of likely N-dealkylation sites (tertiary alicyclic amines) is 1. The Morgan fingerprint density at radius 3 is 2.80 bits per heavy atom. The van der Waals surface area contributed by atoms with Gasteiger partial charge in [-0.1, -0.05) is 32.9 Å². The Morgan fingerprint density at radius 2 is 2.08 bits per heavy atom. The van der Waals surface area contributed by atoms with Gasteiger partial charge in [0.1, 0.15) is 0 Å². The molecule has 4 heteroatoms. The van der Waals surface area contributed by atoms with Crippen molar-refractivity contribution in [1.29, 1.82) is 0 Å². The Kier molecular flexibility index (Phi) is 4.19. The zero-order valence-corrected chi connectivity index (χ0v) is 16.0. The van der Waals surface area contributed by atoms with E-state index in [9.17, 15) is 0 Å². The molecule has 1 fully saturated rings. The molecule has 4 rings (SSSR count). The highest BCUT2D eigenvalue weighted by Crippen LogP contribution is 2.34. The summed E-state index contributed by atoms with van der Waals surface area (Å²) >= 11 is 0. The van der Waals surface area contributed by atoms with Gasteiger partial charge >= 0.3 is 0 Å². The van der Waals surface area contributed by atoms with Gasteiger partial charge in [0, 0.05) is 36.9 Å². The van der Waals surface area contributed by atoms with Crippen LogP contribution in [-0.4, -0.2) is 47.1 Å². The molecule has 3 heterocycles. The van der Waals surface area contributed by atoms with Crippen LogP contribution in [0.5, 0.6) is 0 Å². The third-order valence-corrected chi connectivity index (χ3v) is 5.71. The molecule has 1 aromatic heterocycles. The second kappa shape index (κ2) is 6.24. The van der Waals surface area contributed by atoms with E-state index in [1.54, 1.807) is 0 Å². The van der Waals surface area contributed by atoms with Crippen molar-refractivity contribution in [3.05, 3.63) is 30.0 Å². The first-order valence-corrected chi connectivity index (χ1v) is 9.61. The van der Waals surface area contributed by atoms with Crippen LogP contribution in [0.25, 0.3) is 10.9 Å². The fourth-order valence-corrected chi connectivity index (χ4v) is 4.56. The van der Waals surface area contributed by atoms with Crippen LogP contribution in [0.15, 0.2) is 29.4 Å². The van der Waals surface area contributed by atoms with Gasteiger partial charge in [-0.2, -0.15) is 5.10 Å². The number of aliphatic imine (C=N–C) groups is 1. The molecule has 4 nitrogen and oxygen atoms in total. The summed E-state index contributed by atoms with van der Waals surface area (Å²) in [6.45, 7) is 10.2. The number of piperidine rings is 1. The van der Waals surface area contributed by atoms with E-state index in [1.807, 2.05) is 0 Å². The minimum absolute atomic E-state index is 0.342. The lowest BCUT2D eigenvalue weighted by Gasteiger charge is -2.40. The van der Waals surface area contributed by atoms with Gasteiger partial charge in [0.15, 0.2) is 0 Å².